The largest absolute Gasteiger partial charge is 0.492 e. The zero-order valence-electron chi connectivity index (χ0n) is 19.3. The number of nitrogens with one attached hydrogen (secondary N) is 1. The Balaban J connectivity index is 1.41. The first-order chi connectivity index (χ1) is 16.6. The lowest BCUT2D eigenvalue weighted by atomic mass is 10.2. The van der Waals surface area contributed by atoms with E-state index in [1.807, 2.05) is 53.6 Å². The number of aromatic nitrogens is 5. The van der Waals surface area contributed by atoms with Crippen LogP contribution in [0.2, 0.25) is 0 Å². The first-order valence-corrected chi connectivity index (χ1v) is 11.5. The van der Waals surface area contributed by atoms with E-state index in [2.05, 4.69) is 15.5 Å². The second-order valence-electron chi connectivity index (χ2n) is 8.28. The van der Waals surface area contributed by atoms with Crippen LogP contribution in [0.1, 0.15) is 24.3 Å². The molecule has 1 amide bonds. The number of amides is 1. The van der Waals surface area contributed by atoms with E-state index in [0.29, 0.717) is 61.2 Å². The molecular formula is C24H27N7O3. The van der Waals surface area contributed by atoms with Gasteiger partial charge in [0.1, 0.15) is 23.6 Å². The van der Waals surface area contributed by atoms with E-state index in [0.717, 1.165) is 30.0 Å². The summed E-state index contributed by atoms with van der Waals surface area (Å²) < 4.78 is 13.1. The van der Waals surface area contributed by atoms with Crippen molar-refractivity contribution in [3.8, 4) is 17.1 Å². The Hall–Kier alpha value is -3.95. The predicted molar refractivity (Wildman–Crippen MR) is 127 cm³/mol. The van der Waals surface area contributed by atoms with Crippen molar-refractivity contribution in [3.63, 3.8) is 0 Å². The van der Waals surface area contributed by atoms with Crippen LogP contribution >= 0.6 is 0 Å². The number of fused-ring (bicyclic) bond motifs is 1. The predicted octanol–water partition coefficient (Wildman–Crippen LogP) is 3.21. The Labute approximate surface area is 196 Å². The number of anilines is 1. The number of likely N-dealkylation sites (tertiary alicyclic amines) is 1. The molecule has 0 unspecified atom stereocenters. The molecule has 1 fully saturated rings. The van der Waals surface area contributed by atoms with Gasteiger partial charge in [-0.15, -0.1) is 0 Å². The summed E-state index contributed by atoms with van der Waals surface area (Å²) in [5.74, 6) is 2.82. The summed E-state index contributed by atoms with van der Waals surface area (Å²) in [5, 5.41) is 7.41. The number of para-hydroxylation sites is 1. The minimum Gasteiger partial charge on any atom is -0.492 e. The lowest BCUT2D eigenvalue weighted by Crippen LogP contribution is -2.28. The van der Waals surface area contributed by atoms with Crippen LogP contribution in [0.3, 0.4) is 0 Å². The fourth-order valence-electron chi connectivity index (χ4n) is 4.17. The molecule has 1 aliphatic heterocycles. The van der Waals surface area contributed by atoms with Crippen LogP contribution in [0.25, 0.3) is 22.6 Å². The summed E-state index contributed by atoms with van der Waals surface area (Å²) in [6.07, 6.45) is 3.30. The van der Waals surface area contributed by atoms with E-state index in [1.54, 1.807) is 6.33 Å². The number of aryl methyl sites for hydroxylation is 2. The number of carbonyl (C=O) groups excluding carboxylic acids is 1. The minimum absolute atomic E-state index is 0.205. The molecule has 0 radical (unpaired) electrons. The molecule has 1 saturated heterocycles. The summed E-state index contributed by atoms with van der Waals surface area (Å²) in [6.45, 7) is 6.76. The number of ether oxygens (including phenoxy) is 1. The normalized spacial score (nSPS) is 13.7. The molecule has 5 rings (SSSR count). The Bertz CT molecular complexity index is 1280. The second-order valence-corrected chi connectivity index (χ2v) is 8.28. The highest BCUT2D eigenvalue weighted by Crippen LogP contribution is 2.28. The number of benzene rings is 1. The van der Waals surface area contributed by atoms with Crippen molar-refractivity contribution in [2.45, 2.75) is 33.2 Å². The first-order valence-electron chi connectivity index (χ1n) is 11.5. The van der Waals surface area contributed by atoms with E-state index in [4.69, 9.17) is 19.2 Å². The highest BCUT2D eigenvalue weighted by atomic mass is 16.5. The van der Waals surface area contributed by atoms with Crippen molar-refractivity contribution in [1.82, 2.24) is 29.6 Å². The van der Waals surface area contributed by atoms with Crippen LogP contribution in [-0.4, -0.2) is 61.7 Å². The Kier molecular flexibility index (Phi) is 6.11. The van der Waals surface area contributed by atoms with Gasteiger partial charge in [0.15, 0.2) is 17.3 Å². The zero-order valence-corrected chi connectivity index (χ0v) is 19.3. The highest BCUT2D eigenvalue weighted by Gasteiger charge is 2.22. The Morgan fingerprint density at radius 1 is 1.15 bits per heavy atom. The van der Waals surface area contributed by atoms with Gasteiger partial charge in [0, 0.05) is 26.1 Å². The maximum Gasteiger partial charge on any atom is 0.222 e. The average Bonchev–Trinajstić information content (AvgIpc) is 3.54. The molecule has 176 valence electrons. The molecule has 1 aromatic carbocycles. The SMILES string of the molecule is Cc1noc(C)c1-c1nc(NCCOc2ccccc2)c2ncn(CCN3CCCC3=O)c2n1. The van der Waals surface area contributed by atoms with Gasteiger partial charge in [0.25, 0.3) is 0 Å². The molecule has 10 heteroatoms. The molecule has 4 aromatic rings. The van der Waals surface area contributed by atoms with E-state index >= 15 is 0 Å². The van der Waals surface area contributed by atoms with Crippen LogP contribution < -0.4 is 10.1 Å². The van der Waals surface area contributed by atoms with Gasteiger partial charge in [-0.05, 0) is 32.4 Å². The molecule has 10 nitrogen and oxygen atoms in total. The maximum atomic E-state index is 12.0. The zero-order chi connectivity index (χ0) is 23.5. The molecule has 0 atom stereocenters. The van der Waals surface area contributed by atoms with Crippen molar-refractivity contribution in [2.75, 3.05) is 31.6 Å². The molecule has 3 aromatic heterocycles. The second kappa shape index (κ2) is 9.50. The summed E-state index contributed by atoms with van der Waals surface area (Å²) in [4.78, 5) is 28.1. The van der Waals surface area contributed by atoms with Crippen molar-refractivity contribution >= 4 is 22.9 Å². The van der Waals surface area contributed by atoms with E-state index in [1.165, 1.54) is 0 Å². The quantitative estimate of drug-likeness (QED) is 0.378. The van der Waals surface area contributed by atoms with E-state index in [9.17, 15) is 4.79 Å². The molecular weight excluding hydrogens is 434 g/mol. The lowest BCUT2D eigenvalue weighted by molar-refractivity contribution is -0.127. The van der Waals surface area contributed by atoms with Crippen LogP contribution in [0.15, 0.2) is 41.2 Å². The number of hydrogen-bond acceptors (Lipinski definition) is 8. The molecule has 0 spiro atoms. The number of rotatable bonds is 9. The molecule has 4 heterocycles. The summed E-state index contributed by atoms with van der Waals surface area (Å²) in [5.41, 5.74) is 2.86. The number of carbonyl (C=O) groups is 1. The molecule has 0 aliphatic carbocycles. The van der Waals surface area contributed by atoms with Crippen LogP contribution in [0.5, 0.6) is 5.75 Å². The van der Waals surface area contributed by atoms with E-state index in [-0.39, 0.29) is 5.91 Å². The number of nitrogens with zero attached hydrogens (tertiary/aromatic N) is 6. The van der Waals surface area contributed by atoms with Gasteiger partial charge in [0.2, 0.25) is 5.91 Å². The monoisotopic (exact) mass is 461 g/mol. The van der Waals surface area contributed by atoms with Crippen molar-refractivity contribution < 1.29 is 14.1 Å². The van der Waals surface area contributed by atoms with Crippen molar-refractivity contribution in [1.29, 1.82) is 0 Å². The maximum absolute atomic E-state index is 12.0. The third-order valence-corrected chi connectivity index (χ3v) is 5.91. The molecule has 0 bridgehead atoms. The van der Waals surface area contributed by atoms with Gasteiger partial charge >= 0.3 is 0 Å². The molecule has 1 aliphatic rings. The topological polar surface area (TPSA) is 111 Å². The summed E-state index contributed by atoms with van der Waals surface area (Å²) >= 11 is 0. The molecule has 34 heavy (non-hydrogen) atoms. The smallest absolute Gasteiger partial charge is 0.222 e. The summed E-state index contributed by atoms with van der Waals surface area (Å²) in [6, 6.07) is 9.68. The third kappa shape index (κ3) is 4.43. The van der Waals surface area contributed by atoms with Crippen LogP contribution in [0, 0.1) is 13.8 Å². The first kappa shape index (κ1) is 21.9. The van der Waals surface area contributed by atoms with E-state index < -0.39 is 0 Å². The van der Waals surface area contributed by atoms with Gasteiger partial charge in [-0.2, -0.15) is 0 Å². The van der Waals surface area contributed by atoms with Gasteiger partial charge in [-0.25, -0.2) is 15.0 Å². The van der Waals surface area contributed by atoms with Crippen molar-refractivity contribution in [2.24, 2.45) is 0 Å². The van der Waals surface area contributed by atoms with Gasteiger partial charge in [-0.1, -0.05) is 23.4 Å². The number of imidazole rings is 1. The summed E-state index contributed by atoms with van der Waals surface area (Å²) in [7, 11) is 0. The fraction of sp³-hybridized carbons (Fsp3) is 0.375. The average molecular weight is 462 g/mol. The standard InChI is InChI=1S/C24H27N7O3/c1-16-20(17(2)34-29-16)22-27-23(25-10-14-33-18-7-4-3-5-8-18)21-24(28-22)31(15-26-21)13-12-30-11-6-9-19(30)32/h3-5,7-8,15H,6,9-14H2,1-2H3,(H,25,27,28). The van der Waals surface area contributed by atoms with Crippen LogP contribution in [-0.2, 0) is 11.3 Å². The highest BCUT2D eigenvalue weighted by molar-refractivity contribution is 5.85. The molecule has 1 N–H and O–H groups in total. The Morgan fingerprint density at radius 3 is 2.74 bits per heavy atom. The third-order valence-electron chi connectivity index (χ3n) is 5.91. The lowest BCUT2D eigenvalue weighted by Gasteiger charge is -2.16. The van der Waals surface area contributed by atoms with Crippen LogP contribution in [0.4, 0.5) is 5.82 Å². The minimum atomic E-state index is 0.205. The van der Waals surface area contributed by atoms with Gasteiger partial charge in [0.05, 0.1) is 24.1 Å². The molecule has 0 saturated carbocycles. The van der Waals surface area contributed by atoms with Gasteiger partial charge in [-0.3, -0.25) is 4.79 Å². The fourth-order valence-corrected chi connectivity index (χ4v) is 4.17. The van der Waals surface area contributed by atoms with Crippen molar-refractivity contribution in [3.05, 3.63) is 48.1 Å². The number of hydrogen-bond donors (Lipinski definition) is 1. The van der Waals surface area contributed by atoms with Gasteiger partial charge < -0.3 is 24.0 Å². The Morgan fingerprint density at radius 2 is 2.00 bits per heavy atom.